The van der Waals surface area contributed by atoms with Gasteiger partial charge >= 0.3 is 0 Å². The fraction of sp³-hybridized carbons (Fsp3) is 0.250. The summed E-state index contributed by atoms with van der Waals surface area (Å²) in [4.78, 5) is 17.8. The number of aldehydes is 1. The minimum atomic E-state index is -0.286. The molecule has 34 heavy (non-hydrogen) atoms. The molecule has 0 saturated carbocycles. The summed E-state index contributed by atoms with van der Waals surface area (Å²) >= 11 is 0. The van der Waals surface area contributed by atoms with E-state index >= 15 is 0 Å². The molecule has 6 heteroatoms. The molecule has 3 aromatic carbocycles. The van der Waals surface area contributed by atoms with Crippen molar-refractivity contribution in [1.82, 2.24) is 0 Å². The van der Waals surface area contributed by atoms with Crippen LogP contribution in [0.1, 0.15) is 29.5 Å². The third-order valence-electron chi connectivity index (χ3n) is 6.59. The molecule has 4 nitrogen and oxygen atoms in total. The van der Waals surface area contributed by atoms with Gasteiger partial charge in [0, 0.05) is 43.3 Å². The van der Waals surface area contributed by atoms with Crippen molar-refractivity contribution in [2.75, 3.05) is 28.3 Å². The van der Waals surface area contributed by atoms with E-state index in [4.69, 9.17) is 0 Å². The molecule has 0 N–H and O–H groups in total. The average Bonchev–Trinajstić information content (AvgIpc) is 2.82. The van der Waals surface area contributed by atoms with Crippen LogP contribution in [0.15, 0.2) is 66.4 Å². The second-order valence-corrected chi connectivity index (χ2v) is 9.10. The number of allylic oxidation sites excluding steroid dienone is 1. The molecule has 0 fully saturated rings. The monoisotopic (exact) mass is 459 g/mol. The Kier molecular flexibility index (Phi) is 5.82. The highest BCUT2D eigenvalue weighted by Gasteiger charge is 2.26. The molecule has 0 radical (unpaired) electrons. The molecule has 0 atom stereocenters. The maximum Gasteiger partial charge on any atom is 0.147 e. The van der Waals surface area contributed by atoms with Crippen molar-refractivity contribution in [3.63, 3.8) is 0 Å². The first-order chi connectivity index (χ1) is 16.4. The number of carbonyl (C=O) groups is 1. The van der Waals surface area contributed by atoms with Crippen LogP contribution in [0.25, 0.3) is 0 Å². The molecule has 0 aromatic heterocycles. The van der Waals surface area contributed by atoms with Crippen LogP contribution in [0.5, 0.6) is 0 Å². The normalized spacial score (nSPS) is 15.8. The number of fused-ring (bicyclic) bond motifs is 2. The number of benzene rings is 3. The summed E-state index contributed by atoms with van der Waals surface area (Å²) in [6.45, 7) is 3.74. The van der Waals surface area contributed by atoms with Crippen LogP contribution in [0.3, 0.4) is 0 Å². The molecule has 174 valence electrons. The van der Waals surface area contributed by atoms with E-state index in [1.54, 1.807) is 24.3 Å². The fourth-order valence-electron chi connectivity index (χ4n) is 4.96. The van der Waals surface area contributed by atoms with E-state index in [1.807, 2.05) is 25.1 Å². The maximum atomic E-state index is 14.3. The van der Waals surface area contributed by atoms with Gasteiger partial charge in [0.1, 0.15) is 17.9 Å². The Hall–Kier alpha value is -3.67. The number of anilines is 4. The van der Waals surface area contributed by atoms with Crippen LogP contribution in [-0.2, 0) is 17.9 Å². The Bertz CT molecular complexity index is 1290. The molecule has 0 aliphatic carbocycles. The third kappa shape index (κ3) is 4.16. The van der Waals surface area contributed by atoms with Crippen molar-refractivity contribution in [2.45, 2.75) is 32.9 Å². The molecule has 3 aromatic rings. The predicted octanol–water partition coefficient (Wildman–Crippen LogP) is 6.24. The third-order valence-corrected chi connectivity index (χ3v) is 6.59. The van der Waals surface area contributed by atoms with Gasteiger partial charge in [0.05, 0.1) is 17.9 Å². The van der Waals surface area contributed by atoms with Crippen molar-refractivity contribution in [3.05, 3.63) is 94.7 Å². The standard InChI is InChI=1S/C28H27F2N3O/c1-19-5-8-27(32-11-3-4-20(15-32)18-34)28(12-19)33-17-22-14-23(29)6-9-25(22)31(2)16-21-13-24(30)7-10-26(21)33/h5-10,12-15,18H,3-4,11,16-17H2,1-2H3. The van der Waals surface area contributed by atoms with E-state index in [0.717, 1.165) is 70.7 Å². The molecular weight excluding hydrogens is 432 g/mol. The van der Waals surface area contributed by atoms with E-state index in [2.05, 4.69) is 28.0 Å². The van der Waals surface area contributed by atoms with E-state index in [9.17, 15) is 13.6 Å². The summed E-state index contributed by atoms with van der Waals surface area (Å²) < 4.78 is 28.6. The number of aryl methyl sites for hydroxylation is 1. The van der Waals surface area contributed by atoms with Crippen molar-refractivity contribution in [3.8, 4) is 0 Å². The molecule has 0 amide bonds. The Morgan fingerprint density at radius 3 is 2.24 bits per heavy atom. The molecule has 2 aliphatic rings. The summed E-state index contributed by atoms with van der Waals surface area (Å²) in [6.07, 6.45) is 4.50. The number of hydrogen-bond donors (Lipinski definition) is 0. The van der Waals surface area contributed by atoms with Crippen molar-refractivity contribution in [1.29, 1.82) is 0 Å². The van der Waals surface area contributed by atoms with Crippen LogP contribution in [0.4, 0.5) is 31.5 Å². The highest BCUT2D eigenvalue weighted by atomic mass is 19.1. The summed E-state index contributed by atoms with van der Waals surface area (Å²) in [6, 6.07) is 15.9. The summed E-state index contributed by atoms with van der Waals surface area (Å²) in [7, 11) is 1.94. The average molecular weight is 460 g/mol. The Balaban J connectivity index is 1.71. The fourth-order valence-corrected chi connectivity index (χ4v) is 4.96. The lowest BCUT2D eigenvalue weighted by Crippen LogP contribution is -2.29. The predicted molar refractivity (Wildman–Crippen MR) is 133 cm³/mol. The molecule has 5 rings (SSSR count). The number of carbonyl (C=O) groups excluding carboxylic acids is 1. The summed E-state index contributed by atoms with van der Waals surface area (Å²) in [5.74, 6) is -0.572. The van der Waals surface area contributed by atoms with E-state index in [0.29, 0.717) is 13.1 Å². The smallest absolute Gasteiger partial charge is 0.147 e. The van der Waals surface area contributed by atoms with E-state index < -0.39 is 0 Å². The highest BCUT2D eigenvalue weighted by Crippen LogP contribution is 2.42. The van der Waals surface area contributed by atoms with Crippen molar-refractivity contribution >= 4 is 29.0 Å². The van der Waals surface area contributed by atoms with Gasteiger partial charge in [-0.25, -0.2) is 8.78 Å². The number of nitrogens with zero attached hydrogens (tertiary/aromatic N) is 3. The largest absolute Gasteiger partial charge is 0.370 e. The van der Waals surface area contributed by atoms with Gasteiger partial charge in [-0.15, -0.1) is 0 Å². The molecule has 2 heterocycles. The van der Waals surface area contributed by atoms with Gasteiger partial charge in [-0.05, 0) is 85.0 Å². The molecule has 0 unspecified atom stereocenters. The minimum Gasteiger partial charge on any atom is -0.370 e. The van der Waals surface area contributed by atoms with Crippen LogP contribution >= 0.6 is 0 Å². The zero-order chi connectivity index (χ0) is 23.8. The topological polar surface area (TPSA) is 26.8 Å². The SMILES string of the molecule is Cc1ccc(N2C=C(C=O)CCC2)c(N2Cc3cc(F)ccc3N(C)Cc3cc(F)ccc32)c1. The first kappa shape index (κ1) is 22.1. The van der Waals surface area contributed by atoms with Crippen LogP contribution < -0.4 is 14.7 Å². The lowest BCUT2D eigenvalue weighted by Gasteiger charge is -2.37. The molecule has 0 spiro atoms. The van der Waals surface area contributed by atoms with E-state index in [1.165, 1.54) is 12.1 Å². The van der Waals surface area contributed by atoms with Crippen molar-refractivity contribution < 1.29 is 13.6 Å². The van der Waals surface area contributed by atoms with Crippen LogP contribution in [-0.4, -0.2) is 19.9 Å². The lowest BCUT2D eigenvalue weighted by molar-refractivity contribution is -0.105. The summed E-state index contributed by atoms with van der Waals surface area (Å²) in [5, 5.41) is 0. The first-order valence-electron chi connectivity index (χ1n) is 11.5. The van der Waals surface area contributed by atoms with Gasteiger partial charge in [-0.2, -0.15) is 0 Å². The molecule has 2 aliphatic heterocycles. The van der Waals surface area contributed by atoms with Gasteiger partial charge in [0.15, 0.2) is 0 Å². The van der Waals surface area contributed by atoms with Gasteiger partial charge in [0.2, 0.25) is 0 Å². The lowest BCUT2D eigenvalue weighted by atomic mass is 10.0. The minimum absolute atomic E-state index is 0.286. The first-order valence-corrected chi connectivity index (χ1v) is 11.5. The van der Waals surface area contributed by atoms with Gasteiger partial charge in [0.25, 0.3) is 0 Å². The molecule has 0 bridgehead atoms. The Labute approximate surface area is 198 Å². The van der Waals surface area contributed by atoms with Gasteiger partial charge in [-0.1, -0.05) is 6.07 Å². The summed E-state index contributed by atoms with van der Waals surface area (Å²) in [5.41, 5.74) is 7.26. The highest BCUT2D eigenvalue weighted by molar-refractivity contribution is 5.83. The van der Waals surface area contributed by atoms with E-state index in [-0.39, 0.29) is 11.6 Å². The zero-order valence-corrected chi connectivity index (χ0v) is 19.4. The number of hydrogen-bond acceptors (Lipinski definition) is 4. The van der Waals surface area contributed by atoms with Gasteiger partial charge in [-0.3, -0.25) is 4.79 Å². The number of rotatable bonds is 3. The Morgan fingerprint density at radius 2 is 1.50 bits per heavy atom. The zero-order valence-electron chi connectivity index (χ0n) is 19.4. The quantitative estimate of drug-likeness (QED) is 0.433. The van der Waals surface area contributed by atoms with Crippen LogP contribution in [0.2, 0.25) is 0 Å². The maximum absolute atomic E-state index is 14.3. The molecule has 0 saturated heterocycles. The second kappa shape index (κ2) is 8.93. The number of halogens is 2. The molecular formula is C28H27F2N3O. The van der Waals surface area contributed by atoms with Crippen molar-refractivity contribution in [2.24, 2.45) is 0 Å². The van der Waals surface area contributed by atoms with Crippen LogP contribution in [0, 0.1) is 18.6 Å². The Morgan fingerprint density at radius 1 is 0.824 bits per heavy atom. The second-order valence-electron chi connectivity index (χ2n) is 9.10. The van der Waals surface area contributed by atoms with Gasteiger partial charge < -0.3 is 14.7 Å².